The highest BCUT2D eigenvalue weighted by atomic mass is 35.5. The van der Waals surface area contributed by atoms with E-state index in [0.717, 1.165) is 46.0 Å². The number of nitrogens with zero attached hydrogens (tertiary/aromatic N) is 1. The summed E-state index contributed by atoms with van der Waals surface area (Å²) in [5.41, 5.74) is 4.58. The number of ether oxygens (including phenoxy) is 1. The fourth-order valence-electron chi connectivity index (χ4n) is 3.03. The number of aldehydes is 1. The van der Waals surface area contributed by atoms with Gasteiger partial charge in [0.2, 0.25) is 0 Å². The molecule has 126 valence electrons. The molecule has 1 heterocycles. The lowest BCUT2D eigenvalue weighted by Crippen LogP contribution is -2.04. The standard InChI is InChI=1S/C19H14Cl2N2O2/c20-18-13(9-24)3-2-12-8-14(4-5-15(12)18)25-10-11-1-6-17-16(7-11)19(21)23-22-17/h1,4-9H,2-3,10H2,(H,22,23). The van der Waals surface area contributed by atoms with Gasteiger partial charge in [0.05, 0.1) is 10.5 Å². The van der Waals surface area contributed by atoms with Gasteiger partial charge in [-0.15, -0.1) is 0 Å². The minimum atomic E-state index is 0.430. The molecule has 0 saturated heterocycles. The molecule has 0 spiro atoms. The Morgan fingerprint density at radius 3 is 2.88 bits per heavy atom. The van der Waals surface area contributed by atoms with E-state index in [1.54, 1.807) is 0 Å². The second-order valence-electron chi connectivity index (χ2n) is 5.96. The maximum atomic E-state index is 11.0. The summed E-state index contributed by atoms with van der Waals surface area (Å²) in [6, 6.07) is 11.7. The van der Waals surface area contributed by atoms with Crippen molar-refractivity contribution >= 4 is 45.4 Å². The van der Waals surface area contributed by atoms with Crippen LogP contribution in [-0.2, 0) is 17.8 Å². The molecular weight excluding hydrogens is 359 g/mol. The summed E-state index contributed by atoms with van der Waals surface area (Å²) in [5, 5.41) is 8.73. The van der Waals surface area contributed by atoms with Gasteiger partial charge < -0.3 is 4.74 Å². The summed E-state index contributed by atoms with van der Waals surface area (Å²) in [7, 11) is 0. The first-order valence-electron chi connectivity index (χ1n) is 7.88. The van der Waals surface area contributed by atoms with Crippen LogP contribution >= 0.6 is 23.2 Å². The van der Waals surface area contributed by atoms with Gasteiger partial charge in [-0.3, -0.25) is 9.89 Å². The predicted molar refractivity (Wildman–Crippen MR) is 99.0 cm³/mol. The van der Waals surface area contributed by atoms with Gasteiger partial charge in [-0.05, 0) is 59.9 Å². The van der Waals surface area contributed by atoms with Crippen LogP contribution < -0.4 is 4.74 Å². The first-order chi connectivity index (χ1) is 12.2. The maximum Gasteiger partial charge on any atom is 0.158 e. The van der Waals surface area contributed by atoms with Crippen molar-refractivity contribution in [2.24, 2.45) is 0 Å². The number of H-pyrrole nitrogens is 1. The second kappa shape index (κ2) is 6.54. The molecule has 2 aromatic carbocycles. The van der Waals surface area contributed by atoms with Gasteiger partial charge in [0, 0.05) is 11.0 Å². The van der Waals surface area contributed by atoms with Crippen LogP contribution in [0.3, 0.4) is 0 Å². The number of aromatic nitrogens is 2. The van der Waals surface area contributed by atoms with E-state index < -0.39 is 0 Å². The molecule has 0 fully saturated rings. The van der Waals surface area contributed by atoms with Gasteiger partial charge in [0.25, 0.3) is 0 Å². The Balaban J connectivity index is 1.54. The first kappa shape index (κ1) is 16.2. The van der Waals surface area contributed by atoms with Crippen LogP contribution in [0.2, 0.25) is 5.15 Å². The molecule has 6 heteroatoms. The predicted octanol–water partition coefficient (Wildman–Crippen LogP) is 4.89. The van der Waals surface area contributed by atoms with E-state index >= 15 is 0 Å². The van der Waals surface area contributed by atoms with E-state index in [4.69, 9.17) is 27.9 Å². The number of hydrogen-bond donors (Lipinski definition) is 1. The van der Waals surface area contributed by atoms with Gasteiger partial charge in [-0.25, -0.2) is 0 Å². The van der Waals surface area contributed by atoms with E-state index in [1.807, 2.05) is 36.4 Å². The van der Waals surface area contributed by atoms with Crippen molar-refractivity contribution in [3.63, 3.8) is 0 Å². The van der Waals surface area contributed by atoms with Crippen LogP contribution in [0.5, 0.6) is 5.75 Å². The summed E-state index contributed by atoms with van der Waals surface area (Å²) in [6.07, 6.45) is 2.29. The smallest absolute Gasteiger partial charge is 0.158 e. The summed E-state index contributed by atoms with van der Waals surface area (Å²) >= 11 is 12.3. The molecule has 1 aliphatic rings. The van der Waals surface area contributed by atoms with Gasteiger partial charge in [-0.1, -0.05) is 29.3 Å². The van der Waals surface area contributed by atoms with Gasteiger partial charge >= 0.3 is 0 Å². The number of fused-ring (bicyclic) bond motifs is 2. The molecule has 3 aromatic rings. The van der Waals surface area contributed by atoms with Crippen molar-refractivity contribution in [2.75, 3.05) is 0 Å². The van der Waals surface area contributed by atoms with E-state index in [0.29, 0.717) is 28.8 Å². The molecule has 0 atom stereocenters. The maximum absolute atomic E-state index is 11.0. The molecule has 0 unspecified atom stereocenters. The van der Waals surface area contributed by atoms with Crippen molar-refractivity contribution in [1.82, 2.24) is 10.2 Å². The summed E-state index contributed by atoms with van der Waals surface area (Å²) < 4.78 is 5.91. The number of carbonyl (C=O) groups is 1. The molecule has 0 saturated carbocycles. The Morgan fingerprint density at radius 1 is 1.16 bits per heavy atom. The monoisotopic (exact) mass is 372 g/mol. The zero-order valence-corrected chi connectivity index (χ0v) is 14.7. The Morgan fingerprint density at radius 2 is 2.04 bits per heavy atom. The third-order valence-electron chi connectivity index (χ3n) is 4.39. The van der Waals surface area contributed by atoms with E-state index in [-0.39, 0.29) is 0 Å². The number of carbonyl (C=O) groups excluding carboxylic acids is 1. The highest BCUT2D eigenvalue weighted by Crippen LogP contribution is 2.35. The number of benzene rings is 2. The van der Waals surface area contributed by atoms with Crippen molar-refractivity contribution in [2.45, 2.75) is 19.4 Å². The molecular formula is C19H14Cl2N2O2. The quantitative estimate of drug-likeness (QED) is 0.663. The topological polar surface area (TPSA) is 55.0 Å². The average molecular weight is 373 g/mol. The number of nitrogens with one attached hydrogen (secondary N) is 1. The average Bonchev–Trinajstić information content (AvgIpc) is 3.01. The molecule has 0 bridgehead atoms. The zero-order valence-electron chi connectivity index (χ0n) is 13.2. The fraction of sp³-hybridized carbons (Fsp3) is 0.158. The Hall–Kier alpha value is -2.30. The lowest BCUT2D eigenvalue weighted by molar-refractivity contribution is -0.105. The number of aryl methyl sites for hydroxylation is 1. The second-order valence-corrected chi connectivity index (χ2v) is 6.70. The molecule has 0 amide bonds. The van der Waals surface area contributed by atoms with E-state index in [2.05, 4.69) is 10.2 Å². The number of rotatable bonds is 4. The van der Waals surface area contributed by atoms with Gasteiger partial charge in [0.1, 0.15) is 18.6 Å². The first-order valence-corrected chi connectivity index (χ1v) is 8.64. The summed E-state index contributed by atoms with van der Waals surface area (Å²) in [6.45, 7) is 0.430. The Kier molecular flexibility index (Phi) is 4.24. The molecule has 1 aromatic heterocycles. The van der Waals surface area contributed by atoms with Crippen LogP contribution in [0.1, 0.15) is 23.1 Å². The molecule has 0 aliphatic heterocycles. The summed E-state index contributed by atoms with van der Waals surface area (Å²) in [4.78, 5) is 11.0. The fourth-order valence-corrected chi connectivity index (χ4v) is 3.55. The van der Waals surface area contributed by atoms with Crippen molar-refractivity contribution < 1.29 is 9.53 Å². The molecule has 0 radical (unpaired) electrons. The van der Waals surface area contributed by atoms with Crippen molar-refractivity contribution in [3.05, 3.63) is 63.8 Å². The van der Waals surface area contributed by atoms with Crippen LogP contribution in [-0.4, -0.2) is 16.5 Å². The highest BCUT2D eigenvalue weighted by molar-refractivity contribution is 6.50. The van der Waals surface area contributed by atoms with Crippen LogP contribution in [0.25, 0.3) is 15.9 Å². The molecule has 4 nitrogen and oxygen atoms in total. The normalized spacial score (nSPS) is 13.8. The van der Waals surface area contributed by atoms with E-state index in [9.17, 15) is 4.79 Å². The third-order valence-corrected chi connectivity index (χ3v) is 5.12. The molecule has 4 rings (SSSR count). The minimum absolute atomic E-state index is 0.430. The van der Waals surface area contributed by atoms with Gasteiger partial charge in [-0.2, -0.15) is 5.10 Å². The van der Waals surface area contributed by atoms with Crippen molar-refractivity contribution in [3.8, 4) is 5.75 Å². The van der Waals surface area contributed by atoms with Crippen LogP contribution in [0.4, 0.5) is 0 Å². The van der Waals surface area contributed by atoms with Crippen LogP contribution in [0.15, 0.2) is 42.0 Å². The molecule has 25 heavy (non-hydrogen) atoms. The largest absolute Gasteiger partial charge is 0.489 e. The molecule has 1 N–H and O–H groups in total. The number of allylic oxidation sites excluding steroid dienone is 1. The highest BCUT2D eigenvalue weighted by Gasteiger charge is 2.17. The minimum Gasteiger partial charge on any atom is -0.489 e. The number of halogens is 2. The number of aromatic amines is 1. The lowest BCUT2D eigenvalue weighted by atomic mass is 9.92. The third kappa shape index (κ3) is 3.03. The zero-order chi connectivity index (χ0) is 17.4. The van der Waals surface area contributed by atoms with Crippen LogP contribution in [0, 0.1) is 0 Å². The number of hydrogen-bond acceptors (Lipinski definition) is 3. The lowest BCUT2D eigenvalue weighted by Gasteiger charge is -2.18. The SMILES string of the molecule is O=CC1=C(Cl)c2ccc(OCc3ccc4[nH]nc(Cl)c4c3)cc2CC1. The molecule has 1 aliphatic carbocycles. The summed E-state index contributed by atoms with van der Waals surface area (Å²) in [5.74, 6) is 0.774. The Bertz CT molecular complexity index is 1010. The van der Waals surface area contributed by atoms with Gasteiger partial charge in [0.15, 0.2) is 5.15 Å². The Labute approximate surface area is 154 Å². The van der Waals surface area contributed by atoms with Crippen molar-refractivity contribution in [1.29, 1.82) is 0 Å². The van der Waals surface area contributed by atoms with E-state index in [1.165, 1.54) is 0 Å².